The number of anilines is 1. The predicted octanol–water partition coefficient (Wildman–Crippen LogP) is 4.21. The van der Waals surface area contributed by atoms with Crippen molar-refractivity contribution in [3.63, 3.8) is 0 Å². The molecule has 6 nitrogen and oxygen atoms in total. The van der Waals surface area contributed by atoms with E-state index < -0.39 is 0 Å². The first kappa shape index (κ1) is 24.4. The maximum Gasteiger partial charge on any atom is 0.341 e. The first-order chi connectivity index (χ1) is 13.5. The van der Waals surface area contributed by atoms with E-state index in [1.54, 1.807) is 13.3 Å². The summed E-state index contributed by atoms with van der Waals surface area (Å²) in [6.45, 7) is 11.9. The molecular weight excluding hydrogens is 354 g/mol. The van der Waals surface area contributed by atoms with Gasteiger partial charge in [-0.05, 0) is 37.8 Å². The fourth-order valence-corrected chi connectivity index (χ4v) is 3.67. The average molecular weight is 396 g/mol. The fourth-order valence-electron chi connectivity index (χ4n) is 3.67. The summed E-state index contributed by atoms with van der Waals surface area (Å²) in [6.07, 6.45) is 6.29. The maximum atomic E-state index is 12.2. The molecule has 28 heavy (non-hydrogen) atoms. The molecule has 1 fully saturated rings. The second kappa shape index (κ2) is 12.7. The Bertz CT molecular complexity index is 601. The highest BCUT2D eigenvalue weighted by molar-refractivity contribution is 5.95. The number of ether oxygens (including phenoxy) is 2. The van der Waals surface area contributed by atoms with Gasteiger partial charge in [0.1, 0.15) is 11.4 Å². The summed E-state index contributed by atoms with van der Waals surface area (Å²) in [5, 5.41) is 3.77. The van der Waals surface area contributed by atoms with Crippen molar-refractivity contribution in [3.8, 4) is 0 Å². The summed E-state index contributed by atoms with van der Waals surface area (Å²) in [6, 6.07) is 2.69. The van der Waals surface area contributed by atoms with Gasteiger partial charge in [0.25, 0.3) is 0 Å². The Morgan fingerprint density at radius 3 is 2.68 bits per heavy atom. The molecular formula is C22H41N3O3. The molecule has 1 aliphatic rings. The normalized spacial score (nSPS) is 20.2. The van der Waals surface area contributed by atoms with Crippen LogP contribution in [0.2, 0.25) is 0 Å². The minimum absolute atomic E-state index is 0. The molecule has 1 aromatic rings. The summed E-state index contributed by atoms with van der Waals surface area (Å²) >= 11 is 0. The number of nitrogens with zero attached hydrogens (tertiary/aromatic N) is 2. The first-order valence-corrected chi connectivity index (χ1v) is 10.6. The predicted molar refractivity (Wildman–Crippen MR) is 117 cm³/mol. The largest absolute Gasteiger partial charge is 0.465 e. The Hall–Kier alpha value is -1.66. The van der Waals surface area contributed by atoms with Gasteiger partial charge in [-0.25, -0.2) is 9.78 Å². The van der Waals surface area contributed by atoms with Crippen LogP contribution in [0.1, 0.15) is 70.7 Å². The van der Waals surface area contributed by atoms with Crippen LogP contribution in [0.3, 0.4) is 0 Å². The van der Waals surface area contributed by atoms with Gasteiger partial charge in [0, 0.05) is 39.9 Å². The third kappa shape index (κ3) is 6.45. The molecule has 1 N–H and O–H groups in total. The number of carbonyl (C=O) groups is 1. The van der Waals surface area contributed by atoms with E-state index in [0.29, 0.717) is 30.0 Å². The fraction of sp³-hybridized carbons (Fsp3) is 0.727. The number of pyridine rings is 1. The first-order valence-electron chi connectivity index (χ1n) is 10.6. The molecule has 3 atom stereocenters. The number of piperidine rings is 1. The van der Waals surface area contributed by atoms with E-state index in [-0.39, 0.29) is 13.5 Å². The van der Waals surface area contributed by atoms with Crippen molar-refractivity contribution in [2.75, 3.05) is 32.2 Å². The lowest BCUT2D eigenvalue weighted by Crippen LogP contribution is -2.56. The molecule has 0 saturated carbocycles. The molecule has 2 rings (SSSR count). The summed E-state index contributed by atoms with van der Waals surface area (Å²) in [5.41, 5.74) is 1.46. The number of methoxy groups -OCH3 is 2. The van der Waals surface area contributed by atoms with E-state index in [0.717, 1.165) is 24.9 Å². The van der Waals surface area contributed by atoms with Crippen LogP contribution in [0.4, 0.5) is 5.82 Å². The van der Waals surface area contributed by atoms with Crippen molar-refractivity contribution in [2.45, 2.75) is 78.5 Å². The van der Waals surface area contributed by atoms with Gasteiger partial charge >= 0.3 is 5.97 Å². The summed E-state index contributed by atoms with van der Waals surface area (Å²) in [7, 11) is 3.16. The Morgan fingerprint density at radius 2 is 2.11 bits per heavy atom. The number of hydrogen-bond acceptors (Lipinski definition) is 6. The number of aromatic nitrogens is 1. The van der Waals surface area contributed by atoms with Crippen LogP contribution in [0.15, 0.2) is 12.3 Å². The van der Waals surface area contributed by atoms with Crippen molar-refractivity contribution < 1.29 is 15.7 Å². The molecule has 0 aromatic carbocycles. The van der Waals surface area contributed by atoms with Crippen LogP contribution in [-0.2, 0) is 9.47 Å². The Morgan fingerprint density at radius 1 is 1.39 bits per heavy atom. The Kier molecular flexibility index (Phi) is 11.1. The van der Waals surface area contributed by atoms with E-state index >= 15 is 0 Å². The lowest BCUT2D eigenvalue weighted by Gasteiger charge is -2.40. The van der Waals surface area contributed by atoms with Gasteiger partial charge in [0.15, 0.2) is 0 Å². The quantitative estimate of drug-likeness (QED) is 0.665. The molecule has 0 amide bonds. The molecule has 0 spiro atoms. The van der Waals surface area contributed by atoms with Gasteiger partial charge in [0.2, 0.25) is 0 Å². The number of aryl methyl sites for hydroxylation is 1. The van der Waals surface area contributed by atoms with Crippen LogP contribution >= 0.6 is 0 Å². The molecule has 1 aromatic heterocycles. The molecule has 2 heterocycles. The lowest BCUT2D eigenvalue weighted by molar-refractivity contribution is 0.0540. The molecule has 0 bridgehead atoms. The smallest absolute Gasteiger partial charge is 0.341 e. The summed E-state index contributed by atoms with van der Waals surface area (Å²) in [4.78, 5) is 18.8. The van der Waals surface area contributed by atoms with Gasteiger partial charge in [0.05, 0.1) is 13.2 Å². The van der Waals surface area contributed by atoms with Crippen molar-refractivity contribution >= 4 is 11.8 Å². The topological polar surface area (TPSA) is 63.7 Å². The van der Waals surface area contributed by atoms with E-state index in [1.165, 1.54) is 20.0 Å². The highest BCUT2D eigenvalue weighted by Crippen LogP contribution is 2.25. The summed E-state index contributed by atoms with van der Waals surface area (Å²) < 4.78 is 10.7. The average Bonchev–Trinajstić information content (AvgIpc) is 2.74. The molecule has 162 valence electrons. The number of rotatable bonds is 8. The highest BCUT2D eigenvalue weighted by atomic mass is 16.5. The number of carbonyl (C=O) groups excluding carboxylic acids is 1. The third-order valence-electron chi connectivity index (χ3n) is 5.15. The van der Waals surface area contributed by atoms with Crippen molar-refractivity contribution in [1.82, 2.24) is 10.3 Å². The van der Waals surface area contributed by atoms with Crippen molar-refractivity contribution in [3.05, 3.63) is 23.4 Å². The van der Waals surface area contributed by atoms with Gasteiger partial charge in [-0.2, -0.15) is 0 Å². The molecule has 0 aliphatic carbocycles. The second-order valence-electron chi connectivity index (χ2n) is 7.05. The standard InChI is InChI=1S/C20H33N3O3.C2H6.H2/c1-6-8-15(7-2)22-17-9-10-23(13-18(17)25-4)19-16(20(24)26-5)11-14(3)12-21-19;1-2;/h11-12,15,17-18,22H,6-10,13H2,1-5H3;1-2H3;1H/t15?,17-,18?;;/m0../s1. The minimum Gasteiger partial charge on any atom is -0.465 e. The van der Waals surface area contributed by atoms with Crippen LogP contribution in [0.5, 0.6) is 0 Å². The van der Waals surface area contributed by atoms with Gasteiger partial charge in [-0.15, -0.1) is 0 Å². The molecule has 0 radical (unpaired) electrons. The van der Waals surface area contributed by atoms with Gasteiger partial charge in [-0.1, -0.05) is 34.1 Å². The van der Waals surface area contributed by atoms with Gasteiger partial charge in [-0.3, -0.25) is 0 Å². The van der Waals surface area contributed by atoms with Crippen LogP contribution in [0, 0.1) is 6.92 Å². The molecule has 2 unspecified atom stereocenters. The number of hydrogen-bond donors (Lipinski definition) is 1. The van der Waals surface area contributed by atoms with Crippen LogP contribution in [-0.4, -0.2) is 56.5 Å². The Labute approximate surface area is 172 Å². The van der Waals surface area contributed by atoms with Gasteiger partial charge < -0.3 is 19.7 Å². The zero-order chi connectivity index (χ0) is 21.1. The van der Waals surface area contributed by atoms with Crippen LogP contribution < -0.4 is 10.2 Å². The maximum absolute atomic E-state index is 12.2. The van der Waals surface area contributed by atoms with E-state index in [1.807, 2.05) is 26.8 Å². The molecule has 6 heteroatoms. The van der Waals surface area contributed by atoms with E-state index in [2.05, 4.69) is 29.0 Å². The monoisotopic (exact) mass is 395 g/mol. The van der Waals surface area contributed by atoms with E-state index in [4.69, 9.17) is 9.47 Å². The molecule has 1 aliphatic heterocycles. The zero-order valence-corrected chi connectivity index (χ0v) is 18.7. The SMILES string of the molecule is CC.CCCC(CC)N[C@H]1CCN(c2ncc(C)cc2C(=O)OC)CC1OC.[HH]. The third-order valence-corrected chi connectivity index (χ3v) is 5.15. The number of nitrogens with one attached hydrogen (secondary N) is 1. The Balaban J connectivity index is 0.00000253. The second-order valence-corrected chi connectivity index (χ2v) is 7.05. The van der Waals surface area contributed by atoms with Crippen molar-refractivity contribution in [2.24, 2.45) is 0 Å². The zero-order valence-electron chi connectivity index (χ0n) is 18.7. The number of esters is 1. The minimum atomic E-state index is -0.348. The van der Waals surface area contributed by atoms with E-state index in [9.17, 15) is 4.79 Å². The highest BCUT2D eigenvalue weighted by Gasteiger charge is 2.32. The van der Waals surface area contributed by atoms with Crippen molar-refractivity contribution in [1.29, 1.82) is 0 Å². The van der Waals surface area contributed by atoms with Crippen LogP contribution in [0.25, 0.3) is 0 Å². The lowest BCUT2D eigenvalue weighted by atomic mass is 9.98. The summed E-state index contributed by atoms with van der Waals surface area (Å²) in [5.74, 6) is 0.336. The molecule has 1 saturated heterocycles.